The molecule has 0 aliphatic heterocycles. The highest BCUT2D eigenvalue weighted by Gasteiger charge is 2.15. The van der Waals surface area contributed by atoms with Crippen LogP contribution in [0.2, 0.25) is 0 Å². The number of halogens is 1. The van der Waals surface area contributed by atoms with Gasteiger partial charge in [0.1, 0.15) is 5.82 Å². The summed E-state index contributed by atoms with van der Waals surface area (Å²) >= 11 is 0. The molecule has 0 bridgehead atoms. The van der Waals surface area contributed by atoms with Gasteiger partial charge in [-0.25, -0.2) is 22.5 Å². The molecule has 0 saturated heterocycles. The molecule has 6 rings (SSSR count). The number of rotatable bonds is 6. The second kappa shape index (κ2) is 8.40. The molecular formula is C25H20FN7O2S. The van der Waals surface area contributed by atoms with E-state index in [1.54, 1.807) is 24.7 Å². The van der Waals surface area contributed by atoms with Crippen LogP contribution >= 0.6 is 0 Å². The van der Waals surface area contributed by atoms with Gasteiger partial charge in [0.15, 0.2) is 5.65 Å². The topological polar surface area (TPSA) is 132 Å². The quantitative estimate of drug-likeness (QED) is 0.269. The number of nitrogens with one attached hydrogen (secondary N) is 4. The molecule has 0 fully saturated rings. The van der Waals surface area contributed by atoms with E-state index in [1.165, 1.54) is 12.1 Å². The normalized spacial score (nSPS) is 12.1. The Morgan fingerprint density at radius 1 is 1.00 bits per heavy atom. The highest BCUT2D eigenvalue weighted by Crippen LogP contribution is 2.35. The van der Waals surface area contributed by atoms with E-state index in [2.05, 4.69) is 35.1 Å². The fourth-order valence-electron chi connectivity index (χ4n) is 4.34. The van der Waals surface area contributed by atoms with E-state index in [1.807, 2.05) is 30.3 Å². The van der Waals surface area contributed by atoms with E-state index in [-0.39, 0.29) is 6.54 Å². The van der Waals surface area contributed by atoms with Crippen molar-refractivity contribution in [2.45, 2.75) is 6.54 Å². The smallest absolute Gasteiger partial charge is 0.209 e. The maximum Gasteiger partial charge on any atom is 0.209 e. The van der Waals surface area contributed by atoms with Gasteiger partial charge in [0.2, 0.25) is 10.0 Å². The van der Waals surface area contributed by atoms with E-state index < -0.39 is 15.8 Å². The molecule has 4 aromatic heterocycles. The first-order chi connectivity index (χ1) is 17.3. The summed E-state index contributed by atoms with van der Waals surface area (Å²) in [5.74, 6) is -0.442. The van der Waals surface area contributed by atoms with Gasteiger partial charge >= 0.3 is 0 Å². The Morgan fingerprint density at radius 3 is 2.69 bits per heavy atom. The lowest BCUT2D eigenvalue weighted by molar-refractivity contribution is 0.586. The van der Waals surface area contributed by atoms with Crippen LogP contribution in [0.4, 0.5) is 4.39 Å². The Morgan fingerprint density at radius 2 is 1.89 bits per heavy atom. The molecule has 180 valence electrons. The van der Waals surface area contributed by atoms with Crippen molar-refractivity contribution in [1.82, 2.24) is 35.1 Å². The first-order valence-electron chi connectivity index (χ1n) is 11.0. The highest BCUT2D eigenvalue weighted by molar-refractivity contribution is 7.88. The molecule has 0 saturated carbocycles. The van der Waals surface area contributed by atoms with Crippen molar-refractivity contribution in [1.29, 1.82) is 0 Å². The summed E-state index contributed by atoms with van der Waals surface area (Å²) in [6.07, 6.45) is 6.36. The number of H-pyrrole nitrogens is 3. The third kappa shape index (κ3) is 4.14. The Labute approximate surface area is 204 Å². The average molecular weight is 502 g/mol. The zero-order valence-corrected chi connectivity index (χ0v) is 19.8. The van der Waals surface area contributed by atoms with E-state index in [0.29, 0.717) is 16.8 Å². The predicted octanol–water partition coefficient (Wildman–Crippen LogP) is 4.35. The first kappa shape index (κ1) is 22.1. The molecule has 4 heterocycles. The molecule has 0 aliphatic rings. The number of aromatic amines is 3. The molecule has 0 unspecified atom stereocenters. The molecular weight excluding hydrogens is 481 g/mol. The number of sulfonamides is 1. The van der Waals surface area contributed by atoms with Gasteiger partial charge in [-0.1, -0.05) is 12.1 Å². The molecule has 0 atom stereocenters. The maximum absolute atomic E-state index is 14.5. The molecule has 9 nitrogen and oxygen atoms in total. The van der Waals surface area contributed by atoms with Gasteiger partial charge in [0, 0.05) is 46.4 Å². The van der Waals surface area contributed by atoms with Crippen molar-refractivity contribution in [3.05, 3.63) is 78.5 Å². The van der Waals surface area contributed by atoms with E-state index in [0.717, 1.165) is 50.6 Å². The molecule has 11 heteroatoms. The fourth-order valence-corrected chi connectivity index (χ4v) is 4.76. The Bertz CT molecular complexity index is 1840. The standard InChI is InChI=1S/C25H20FN7O2S/c1-36(34,35)30-10-14-5-15(7-18(26)6-14)19-3-2-4-22-20(19)9-23(31-22)24-21-8-16(17-12-28-29-13-17)11-27-25(21)33-32-24/h2-9,11-13,30-31H,10H2,1H3,(H,28,29)(H,27,32,33). The number of hydrogen-bond acceptors (Lipinski definition) is 5. The van der Waals surface area contributed by atoms with Crippen LogP contribution in [-0.2, 0) is 16.6 Å². The van der Waals surface area contributed by atoms with Crippen molar-refractivity contribution in [2.24, 2.45) is 0 Å². The second-order valence-corrected chi connectivity index (χ2v) is 10.4. The van der Waals surface area contributed by atoms with Crippen LogP contribution < -0.4 is 4.72 Å². The number of nitrogens with zero attached hydrogens (tertiary/aromatic N) is 3. The minimum absolute atomic E-state index is 0.00405. The van der Waals surface area contributed by atoms with Crippen LogP contribution in [-0.4, -0.2) is 45.0 Å². The molecule has 0 spiro atoms. The molecule has 6 aromatic rings. The third-order valence-corrected chi connectivity index (χ3v) is 6.65. The van der Waals surface area contributed by atoms with Gasteiger partial charge < -0.3 is 4.98 Å². The second-order valence-electron chi connectivity index (χ2n) is 8.57. The van der Waals surface area contributed by atoms with Crippen LogP contribution in [0, 0.1) is 5.82 Å². The number of aromatic nitrogens is 6. The number of hydrogen-bond donors (Lipinski definition) is 4. The van der Waals surface area contributed by atoms with Crippen LogP contribution in [0.1, 0.15) is 5.56 Å². The van der Waals surface area contributed by atoms with Gasteiger partial charge in [-0.05, 0) is 53.1 Å². The molecule has 0 amide bonds. The van der Waals surface area contributed by atoms with E-state index in [9.17, 15) is 12.8 Å². The van der Waals surface area contributed by atoms with E-state index in [4.69, 9.17) is 0 Å². The summed E-state index contributed by atoms with van der Waals surface area (Å²) in [6.45, 7) is 0.00405. The fraction of sp³-hybridized carbons (Fsp3) is 0.0800. The summed E-state index contributed by atoms with van der Waals surface area (Å²) in [5.41, 5.74) is 6.86. The third-order valence-electron chi connectivity index (χ3n) is 5.98. The highest BCUT2D eigenvalue weighted by atomic mass is 32.2. The number of benzene rings is 2. The van der Waals surface area contributed by atoms with Gasteiger partial charge in [0.05, 0.1) is 23.8 Å². The average Bonchev–Trinajstić information content (AvgIpc) is 3.60. The predicted molar refractivity (Wildman–Crippen MR) is 136 cm³/mol. The summed E-state index contributed by atoms with van der Waals surface area (Å²) < 4.78 is 39.9. The van der Waals surface area contributed by atoms with Gasteiger partial charge in [0.25, 0.3) is 0 Å². The van der Waals surface area contributed by atoms with Gasteiger partial charge in [-0.15, -0.1) is 0 Å². The largest absolute Gasteiger partial charge is 0.353 e. The van der Waals surface area contributed by atoms with Crippen LogP contribution in [0.3, 0.4) is 0 Å². The Hall–Kier alpha value is -4.35. The van der Waals surface area contributed by atoms with E-state index >= 15 is 0 Å². The Balaban J connectivity index is 1.44. The molecule has 4 N–H and O–H groups in total. The van der Waals surface area contributed by atoms with Crippen molar-refractivity contribution >= 4 is 32.0 Å². The van der Waals surface area contributed by atoms with Gasteiger partial charge in [-0.2, -0.15) is 10.2 Å². The van der Waals surface area contributed by atoms with Crippen molar-refractivity contribution in [2.75, 3.05) is 6.26 Å². The zero-order chi connectivity index (χ0) is 24.9. The lowest BCUT2D eigenvalue weighted by Gasteiger charge is -2.08. The first-order valence-corrected chi connectivity index (χ1v) is 12.9. The summed E-state index contributed by atoms with van der Waals surface area (Å²) in [4.78, 5) is 7.89. The summed E-state index contributed by atoms with van der Waals surface area (Å²) in [6, 6.07) is 14.3. The lowest BCUT2D eigenvalue weighted by Crippen LogP contribution is -2.21. The lowest BCUT2D eigenvalue weighted by atomic mass is 9.99. The van der Waals surface area contributed by atoms with Crippen molar-refractivity contribution < 1.29 is 12.8 Å². The number of fused-ring (bicyclic) bond motifs is 2. The zero-order valence-electron chi connectivity index (χ0n) is 19.0. The summed E-state index contributed by atoms with van der Waals surface area (Å²) in [7, 11) is -3.40. The minimum atomic E-state index is -3.40. The molecule has 0 aliphatic carbocycles. The van der Waals surface area contributed by atoms with Crippen LogP contribution in [0.25, 0.3) is 55.6 Å². The summed E-state index contributed by atoms with van der Waals surface area (Å²) in [5, 5.41) is 16.0. The number of pyridine rings is 1. The van der Waals surface area contributed by atoms with Crippen LogP contribution in [0.5, 0.6) is 0 Å². The molecule has 0 radical (unpaired) electrons. The monoisotopic (exact) mass is 501 g/mol. The van der Waals surface area contributed by atoms with Crippen molar-refractivity contribution in [3.8, 4) is 33.6 Å². The Kier molecular flexibility index (Phi) is 5.16. The van der Waals surface area contributed by atoms with Gasteiger partial charge in [-0.3, -0.25) is 10.2 Å². The minimum Gasteiger partial charge on any atom is -0.353 e. The van der Waals surface area contributed by atoms with Crippen molar-refractivity contribution in [3.63, 3.8) is 0 Å². The molecule has 2 aromatic carbocycles. The molecule has 36 heavy (non-hydrogen) atoms. The maximum atomic E-state index is 14.5. The van der Waals surface area contributed by atoms with Crippen LogP contribution in [0.15, 0.2) is 67.1 Å². The SMILES string of the molecule is CS(=O)(=O)NCc1cc(F)cc(-c2cccc3[nH]c(-c4[nH]nc5ncc(-c6cn[nH]c6)cc45)cc23)c1.